The summed E-state index contributed by atoms with van der Waals surface area (Å²) in [7, 11) is 0. The third kappa shape index (κ3) is 6.07. The third-order valence-corrected chi connectivity index (χ3v) is 4.94. The Bertz CT molecular complexity index is 1110. The quantitative estimate of drug-likeness (QED) is 0.270. The molecule has 0 unspecified atom stereocenters. The number of nitrogens with one attached hydrogen (secondary N) is 1. The van der Waals surface area contributed by atoms with E-state index in [1.54, 1.807) is 0 Å². The lowest BCUT2D eigenvalue weighted by Gasteiger charge is -2.01. The van der Waals surface area contributed by atoms with Crippen molar-refractivity contribution in [1.29, 1.82) is 0 Å². The highest BCUT2D eigenvalue weighted by Crippen LogP contribution is 2.21. The van der Waals surface area contributed by atoms with Crippen LogP contribution in [-0.2, 0) is 13.0 Å². The van der Waals surface area contributed by atoms with Gasteiger partial charge < -0.3 is 17.2 Å². The van der Waals surface area contributed by atoms with Crippen molar-refractivity contribution in [2.24, 2.45) is 5.73 Å². The first-order valence-corrected chi connectivity index (χ1v) is 10.3. The third-order valence-electron chi connectivity index (χ3n) is 4.94. The van der Waals surface area contributed by atoms with E-state index in [-0.39, 0.29) is 0 Å². The normalized spacial score (nSPS) is 10.6. The average molecular weight is 412 g/mol. The van der Waals surface area contributed by atoms with Gasteiger partial charge in [-0.2, -0.15) is 5.10 Å². The van der Waals surface area contributed by atoms with Gasteiger partial charge in [0.2, 0.25) is 0 Å². The first-order valence-electron chi connectivity index (χ1n) is 10.3. The molecule has 0 spiro atoms. The van der Waals surface area contributed by atoms with Crippen molar-refractivity contribution in [1.82, 2.24) is 10.2 Å². The van der Waals surface area contributed by atoms with Crippen LogP contribution in [0.1, 0.15) is 29.2 Å². The number of hydrogen-bond donors (Lipinski definition) is 4. The summed E-state index contributed by atoms with van der Waals surface area (Å²) in [6.45, 7) is 2.71. The van der Waals surface area contributed by atoms with Gasteiger partial charge in [0.1, 0.15) is 0 Å². The molecule has 0 amide bonds. The zero-order valence-electron chi connectivity index (χ0n) is 17.8. The molecular formula is C26H29N5. The number of aryl methyl sites for hydroxylation is 1. The monoisotopic (exact) mass is 411 g/mol. The van der Waals surface area contributed by atoms with Crippen molar-refractivity contribution < 1.29 is 0 Å². The molecule has 0 radical (unpaired) electrons. The molecule has 0 saturated carbocycles. The zero-order valence-corrected chi connectivity index (χ0v) is 17.8. The first-order chi connectivity index (χ1) is 15.1. The Balaban J connectivity index is 0.000000176. The molecule has 5 heteroatoms. The molecule has 1 heterocycles. The molecule has 4 aromatic rings. The van der Waals surface area contributed by atoms with E-state index in [0.29, 0.717) is 17.9 Å². The Hall–Kier alpha value is -3.83. The second kappa shape index (κ2) is 10.8. The molecule has 1 aromatic heterocycles. The summed E-state index contributed by atoms with van der Waals surface area (Å²) in [5.41, 5.74) is 25.0. The fourth-order valence-electron chi connectivity index (χ4n) is 3.09. The number of benzene rings is 3. The summed E-state index contributed by atoms with van der Waals surface area (Å²) in [4.78, 5) is 0. The fraction of sp³-hybridized carbons (Fsp3) is 0.115. The highest BCUT2D eigenvalue weighted by atomic mass is 15.1. The SMILES string of the molecule is CCc1c[nH]nc1-c1ccc(CN)cc1.Nc1ccc(C=Cc2ccccc2)cc1N. The van der Waals surface area contributed by atoms with Crippen LogP contribution >= 0.6 is 0 Å². The maximum atomic E-state index is 5.73. The number of rotatable bonds is 5. The highest BCUT2D eigenvalue weighted by molar-refractivity contribution is 5.74. The van der Waals surface area contributed by atoms with Crippen molar-refractivity contribution in [2.75, 3.05) is 11.5 Å². The van der Waals surface area contributed by atoms with Gasteiger partial charge in [0.25, 0.3) is 0 Å². The molecule has 0 aliphatic carbocycles. The number of nitrogen functional groups attached to an aromatic ring is 2. The molecule has 31 heavy (non-hydrogen) atoms. The summed E-state index contributed by atoms with van der Waals surface area (Å²) in [6.07, 6.45) is 7.01. The van der Waals surface area contributed by atoms with Gasteiger partial charge >= 0.3 is 0 Å². The summed E-state index contributed by atoms with van der Waals surface area (Å²) in [5, 5.41) is 7.16. The molecular weight excluding hydrogens is 382 g/mol. The van der Waals surface area contributed by atoms with Crippen LogP contribution in [0.15, 0.2) is 79.0 Å². The van der Waals surface area contributed by atoms with E-state index in [0.717, 1.165) is 34.4 Å². The van der Waals surface area contributed by atoms with E-state index in [4.69, 9.17) is 17.2 Å². The number of aromatic nitrogens is 2. The molecule has 7 N–H and O–H groups in total. The van der Waals surface area contributed by atoms with E-state index < -0.39 is 0 Å². The number of anilines is 2. The smallest absolute Gasteiger partial charge is 0.0952 e. The standard InChI is InChI=1S/C14H14N2.C12H15N3/c15-13-9-8-12(10-14(13)16)7-6-11-4-2-1-3-5-11;1-2-10-8-14-15-12(10)11-5-3-9(7-13)4-6-11/h1-10H,15-16H2;3-6,8H,2,7,13H2,1H3,(H,14,15). The fourth-order valence-corrected chi connectivity index (χ4v) is 3.09. The van der Waals surface area contributed by atoms with Gasteiger partial charge in [-0.15, -0.1) is 0 Å². The molecule has 0 aliphatic heterocycles. The lowest BCUT2D eigenvalue weighted by atomic mass is 10.0. The van der Waals surface area contributed by atoms with E-state index in [9.17, 15) is 0 Å². The summed E-state index contributed by atoms with van der Waals surface area (Å²) >= 11 is 0. The predicted octanol–water partition coefficient (Wildman–Crippen LogP) is 5.12. The molecule has 4 rings (SSSR count). The average Bonchev–Trinajstić information content (AvgIpc) is 3.30. The topological polar surface area (TPSA) is 107 Å². The Morgan fingerprint density at radius 1 is 0.839 bits per heavy atom. The van der Waals surface area contributed by atoms with Crippen LogP contribution in [0.2, 0.25) is 0 Å². The minimum absolute atomic E-state index is 0.585. The van der Waals surface area contributed by atoms with Gasteiger partial charge in [-0.25, -0.2) is 0 Å². The lowest BCUT2D eigenvalue weighted by Crippen LogP contribution is -1.95. The maximum absolute atomic E-state index is 5.73. The Morgan fingerprint density at radius 3 is 2.19 bits per heavy atom. The zero-order chi connectivity index (χ0) is 22.1. The van der Waals surface area contributed by atoms with Gasteiger partial charge in [-0.05, 0) is 40.8 Å². The first kappa shape index (κ1) is 21.9. The largest absolute Gasteiger partial charge is 0.397 e. The van der Waals surface area contributed by atoms with E-state index in [1.165, 1.54) is 5.56 Å². The van der Waals surface area contributed by atoms with Crippen LogP contribution in [0.3, 0.4) is 0 Å². The van der Waals surface area contributed by atoms with Gasteiger partial charge in [0.05, 0.1) is 17.1 Å². The maximum Gasteiger partial charge on any atom is 0.0952 e. The summed E-state index contributed by atoms with van der Waals surface area (Å²) in [5.74, 6) is 0. The van der Waals surface area contributed by atoms with Crippen LogP contribution in [0.4, 0.5) is 11.4 Å². The molecule has 0 saturated heterocycles. The van der Waals surface area contributed by atoms with Crippen LogP contribution in [0, 0.1) is 0 Å². The molecule has 5 nitrogen and oxygen atoms in total. The Labute approximate surface area is 183 Å². The van der Waals surface area contributed by atoms with Crippen molar-refractivity contribution in [2.45, 2.75) is 19.9 Å². The minimum Gasteiger partial charge on any atom is -0.397 e. The van der Waals surface area contributed by atoms with Gasteiger partial charge in [-0.1, -0.05) is 79.7 Å². The second-order valence-corrected chi connectivity index (χ2v) is 7.15. The number of hydrogen-bond acceptors (Lipinski definition) is 4. The van der Waals surface area contributed by atoms with Crippen molar-refractivity contribution in [3.8, 4) is 11.3 Å². The molecule has 158 valence electrons. The van der Waals surface area contributed by atoms with E-state index in [2.05, 4.69) is 41.4 Å². The van der Waals surface area contributed by atoms with Crippen LogP contribution in [-0.4, -0.2) is 10.2 Å². The lowest BCUT2D eigenvalue weighted by molar-refractivity contribution is 1.07. The number of H-pyrrole nitrogens is 1. The second-order valence-electron chi connectivity index (χ2n) is 7.15. The highest BCUT2D eigenvalue weighted by Gasteiger charge is 2.05. The molecule has 0 bridgehead atoms. The van der Waals surface area contributed by atoms with Crippen molar-refractivity contribution >= 4 is 23.5 Å². The summed E-state index contributed by atoms with van der Waals surface area (Å²) < 4.78 is 0. The Morgan fingerprint density at radius 2 is 1.55 bits per heavy atom. The minimum atomic E-state index is 0.585. The van der Waals surface area contributed by atoms with E-state index >= 15 is 0 Å². The number of nitrogens with two attached hydrogens (primary N) is 3. The molecule has 0 aliphatic rings. The van der Waals surface area contributed by atoms with Gasteiger partial charge in [-0.3, -0.25) is 5.10 Å². The van der Waals surface area contributed by atoms with Crippen molar-refractivity contribution in [3.63, 3.8) is 0 Å². The van der Waals surface area contributed by atoms with Crippen LogP contribution < -0.4 is 17.2 Å². The number of aromatic amines is 1. The van der Waals surface area contributed by atoms with Crippen LogP contribution in [0.5, 0.6) is 0 Å². The number of nitrogens with zero attached hydrogens (tertiary/aromatic N) is 1. The van der Waals surface area contributed by atoms with Crippen molar-refractivity contribution in [3.05, 3.63) is 101 Å². The predicted molar refractivity (Wildman–Crippen MR) is 132 cm³/mol. The van der Waals surface area contributed by atoms with Gasteiger partial charge in [0.15, 0.2) is 0 Å². The van der Waals surface area contributed by atoms with Crippen LogP contribution in [0.25, 0.3) is 23.4 Å². The van der Waals surface area contributed by atoms with Gasteiger partial charge in [0, 0.05) is 18.3 Å². The molecule has 0 atom stereocenters. The summed E-state index contributed by atoms with van der Waals surface area (Å²) in [6, 6.07) is 24.0. The Kier molecular flexibility index (Phi) is 7.62. The molecule has 0 fully saturated rings. The molecule has 3 aromatic carbocycles. The van der Waals surface area contributed by atoms with E-state index in [1.807, 2.05) is 66.9 Å².